The highest BCUT2D eigenvalue weighted by atomic mass is 32.1. The van der Waals surface area contributed by atoms with Gasteiger partial charge in [0.05, 0.1) is 27.5 Å². The van der Waals surface area contributed by atoms with E-state index in [0.29, 0.717) is 12.1 Å². The van der Waals surface area contributed by atoms with Gasteiger partial charge in [0.1, 0.15) is 0 Å². The van der Waals surface area contributed by atoms with Crippen molar-refractivity contribution in [1.29, 1.82) is 0 Å². The minimum atomic E-state index is -0.117. The number of nitrogens with one attached hydrogen (secondary N) is 1. The molecule has 0 saturated carbocycles. The minimum Gasteiger partial charge on any atom is -0.348 e. The van der Waals surface area contributed by atoms with Crippen molar-refractivity contribution in [3.63, 3.8) is 0 Å². The van der Waals surface area contributed by atoms with Gasteiger partial charge in [0.25, 0.3) is 5.91 Å². The van der Waals surface area contributed by atoms with E-state index in [1.54, 1.807) is 22.2 Å². The lowest BCUT2D eigenvalue weighted by Crippen LogP contribution is -2.24. The Morgan fingerprint density at radius 2 is 1.96 bits per heavy atom. The van der Waals surface area contributed by atoms with Gasteiger partial charge in [-0.25, -0.2) is 4.68 Å². The molecule has 0 bridgehead atoms. The fourth-order valence-corrected chi connectivity index (χ4v) is 3.52. The Bertz CT molecular complexity index is 1040. The normalized spacial score (nSPS) is 10.7. The van der Waals surface area contributed by atoms with E-state index in [1.807, 2.05) is 73.1 Å². The number of pyridine rings is 1. The first-order valence-corrected chi connectivity index (χ1v) is 9.47. The van der Waals surface area contributed by atoms with Crippen molar-refractivity contribution in [3.05, 3.63) is 89.2 Å². The van der Waals surface area contributed by atoms with Crippen molar-refractivity contribution >= 4 is 17.2 Å². The van der Waals surface area contributed by atoms with Crippen LogP contribution in [-0.2, 0) is 6.54 Å². The molecule has 1 amide bonds. The molecule has 4 aromatic rings. The first kappa shape index (κ1) is 17.2. The van der Waals surface area contributed by atoms with E-state index in [9.17, 15) is 4.79 Å². The summed E-state index contributed by atoms with van der Waals surface area (Å²) in [6.07, 6.45) is 3.64. The quantitative estimate of drug-likeness (QED) is 0.569. The summed E-state index contributed by atoms with van der Waals surface area (Å²) in [5.74, 6) is -0.117. The molecule has 3 aromatic heterocycles. The number of amides is 1. The monoisotopic (exact) mass is 374 g/mol. The minimum absolute atomic E-state index is 0.117. The zero-order chi connectivity index (χ0) is 18.6. The molecule has 0 radical (unpaired) electrons. The number of hydrogen-bond acceptors (Lipinski definition) is 4. The molecule has 0 saturated heterocycles. The van der Waals surface area contributed by atoms with Gasteiger partial charge in [-0.15, -0.1) is 11.3 Å². The molecule has 4 rings (SSSR count). The summed E-state index contributed by atoms with van der Waals surface area (Å²) in [7, 11) is 0. The highest BCUT2D eigenvalue weighted by molar-refractivity contribution is 7.13. The van der Waals surface area contributed by atoms with Crippen molar-refractivity contribution in [2.24, 2.45) is 0 Å². The molecule has 0 aliphatic carbocycles. The summed E-state index contributed by atoms with van der Waals surface area (Å²) in [4.78, 5) is 18.2. The molecule has 0 unspecified atom stereocenters. The molecule has 3 heterocycles. The van der Waals surface area contributed by atoms with Gasteiger partial charge in [-0.05, 0) is 54.3 Å². The van der Waals surface area contributed by atoms with Crippen LogP contribution in [0.5, 0.6) is 0 Å². The van der Waals surface area contributed by atoms with Crippen molar-refractivity contribution < 1.29 is 4.79 Å². The zero-order valence-electron chi connectivity index (χ0n) is 14.8. The van der Waals surface area contributed by atoms with E-state index < -0.39 is 0 Å². The molecule has 0 aliphatic rings. The summed E-state index contributed by atoms with van der Waals surface area (Å²) in [6.45, 7) is 2.33. The summed E-state index contributed by atoms with van der Waals surface area (Å²) in [5, 5.41) is 9.19. The van der Waals surface area contributed by atoms with E-state index >= 15 is 0 Å². The highest BCUT2D eigenvalue weighted by Gasteiger charge is 2.11. The number of carbonyl (C=O) groups excluding carboxylic acids is 1. The van der Waals surface area contributed by atoms with Gasteiger partial charge >= 0.3 is 0 Å². The summed E-state index contributed by atoms with van der Waals surface area (Å²) >= 11 is 1.64. The lowest BCUT2D eigenvalue weighted by molar-refractivity contribution is 0.0950. The Hall–Kier alpha value is -3.25. The maximum Gasteiger partial charge on any atom is 0.253 e. The Morgan fingerprint density at radius 3 is 2.63 bits per heavy atom. The van der Waals surface area contributed by atoms with Gasteiger partial charge in [0.15, 0.2) is 0 Å². The lowest BCUT2D eigenvalue weighted by atomic mass is 10.1. The van der Waals surface area contributed by atoms with E-state index in [4.69, 9.17) is 0 Å². The molecule has 5 nitrogen and oxygen atoms in total. The van der Waals surface area contributed by atoms with Gasteiger partial charge in [-0.1, -0.05) is 18.2 Å². The maximum atomic E-state index is 12.5. The van der Waals surface area contributed by atoms with Crippen LogP contribution < -0.4 is 5.32 Å². The Labute approximate surface area is 161 Å². The molecule has 0 atom stereocenters. The van der Waals surface area contributed by atoms with Gasteiger partial charge in [0, 0.05) is 18.9 Å². The molecule has 1 N–H and O–H groups in total. The Morgan fingerprint density at radius 1 is 1.11 bits per heavy atom. The van der Waals surface area contributed by atoms with Crippen LogP contribution in [0.2, 0.25) is 0 Å². The van der Waals surface area contributed by atoms with Gasteiger partial charge in [-0.3, -0.25) is 9.78 Å². The third-order valence-corrected chi connectivity index (χ3v) is 5.15. The summed E-state index contributed by atoms with van der Waals surface area (Å²) in [5.41, 5.74) is 4.24. The number of aromatic nitrogens is 3. The summed E-state index contributed by atoms with van der Waals surface area (Å²) in [6, 6.07) is 17.6. The molecule has 0 fully saturated rings. The molecule has 0 spiro atoms. The van der Waals surface area contributed by atoms with Crippen LogP contribution in [-0.4, -0.2) is 20.7 Å². The number of carbonyl (C=O) groups is 1. The van der Waals surface area contributed by atoms with Crippen molar-refractivity contribution in [2.45, 2.75) is 13.5 Å². The Balaban J connectivity index is 1.42. The third kappa shape index (κ3) is 3.80. The fourth-order valence-electron chi connectivity index (χ4n) is 2.83. The van der Waals surface area contributed by atoms with E-state index in [0.717, 1.165) is 27.5 Å². The molecule has 27 heavy (non-hydrogen) atoms. The SMILES string of the molecule is Cc1nc(-c2cccs2)ccc1C(=O)NCc1ccc(-n2cccn2)cc1. The van der Waals surface area contributed by atoms with Crippen LogP contribution in [0.25, 0.3) is 16.3 Å². The maximum absolute atomic E-state index is 12.5. The molecular weight excluding hydrogens is 356 g/mol. The number of hydrogen-bond donors (Lipinski definition) is 1. The van der Waals surface area contributed by atoms with E-state index in [2.05, 4.69) is 15.4 Å². The number of nitrogens with zero attached hydrogens (tertiary/aromatic N) is 3. The predicted octanol–water partition coefficient (Wildman–Crippen LogP) is 4.23. The Kier molecular flexibility index (Phi) is 4.80. The van der Waals surface area contributed by atoms with Crippen LogP contribution in [0.1, 0.15) is 21.6 Å². The van der Waals surface area contributed by atoms with Crippen LogP contribution in [0.4, 0.5) is 0 Å². The topological polar surface area (TPSA) is 59.8 Å². The van der Waals surface area contributed by atoms with E-state index in [1.165, 1.54) is 0 Å². The second-order valence-electron chi connectivity index (χ2n) is 6.11. The van der Waals surface area contributed by atoms with Gasteiger partial charge in [0.2, 0.25) is 0 Å². The predicted molar refractivity (Wildman–Crippen MR) is 107 cm³/mol. The molecule has 0 aliphatic heterocycles. The number of aryl methyl sites for hydroxylation is 1. The number of thiophene rings is 1. The van der Waals surface area contributed by atoms with E-state index in [-0.39, 0.29) is 5.91 Å². The molecule has 134 valence electrons. The second-order valence-corrected chi connectivity index (χ2v) is 7.05. The van der Waals surface area contributed by atoms with Gasteiger partial charge in [-0.2, -0.15) is 5.10 Å². The zero-order valence-corrected chi connectivity index (χ0v) is 15.6. The molecule has 1 aromatic carbocycles. The summed E-state index contributed by atoms with van der Waals surface area (Å²) < 4.78 is 1.80. The lowest BCUT2D eigenvalue weighted by Gasteiger charge is -2.09. The fraction of sp³-hybridized carbons (Fsp3) is 0.0952. The van der Waals surface area contributed by atoms with Crippen molar-refractivity contribution in [1.82, 2.24) is 20.1 Å². The van der Waals surface area contributed by atoms with Crippen LogP contribution in [0, 0.1) is 6.92 Å². The number of benzene rings is 1. The highest BCUT2D eigenvalue weighted by Crippen LogP contribution is 2.23. The third-order valence-electron chi connectivity index (χ3n) is 4.26. The molecular formula is C21H18N4OS. The first-order chi connectivity index (χ1) is 13.2. The molecule has 6 heteroatoms. The number of rotatable bonds is 5. The standard InChI is InChI=1S/C21H18N4OS/c1-15-18(9-10-19(24-15)20-4-2-13-27-20)21(26)22-14-16-5-7-17(8-6-16)25-12-3-11-23-25/h2-13H,14H2,1H3,(H,22,26). The average Bonchev–Trinajstić information content (AvgIpc) is 3.40. The van der Waals surface area contributed by atoms with Crippen molar-refractivity contribution in [2.75, 3.05) is 0 Å². The van der Waals surface area contributed by atoms with Gasteiger partial charge < -0.3 is 5.32 Å². The van der Waals surface area contributed by atoms with Crippen LogP contribution in [0.15, 0.2) is 72.4 Å². The van der Waals surface area contributed by atoms with Crippen molar-refractivity contribution in [3.8, 4) is 16.3 Å². The first-order valence-electron chi connectivity index (χ1n) is 8.59. The van der Waals surface area contributed by atoms with Crippen LogP contribution >= 0.6 is 11.3 Å². The largest absolute Gasteiger partial charge is 0.348 e. The second kappa shape index (κ2) is 7.55. The smallest absolute Gasteiger partial charge is 0.253 e. The van der Waals surface area contributed by atoms with Crippen LogP contribution in [0.3, 0.4) is 0 Å². The average molecular weight is 374 g/mol.